The van der Waals surface area contributed by atoms with Gasteiger partial charge in [-0.25, -0.2) is 0 Å². The number of benzene rings is 1. The first-order chi connectivity index (χ1) is 9.08. The molecule has 1 N–H and O–H groups in total. The zero-order valence-corrected chi connectivity index (χ0v) is 11.9. The largest absolute Gasteiger partial charge is 0.481 e. The fourth-order valence-corrected chi connectivity index (χ4v) is 2.97. The van der Waals surface area contributed by atoms with Crippen LogP contribution < -0.4 is 0 Å². The number of carboxylic acids is 1. The molecule has 0 spiro atoms. The molecule has 3 heteroatoms. The van der Waals surface area contributed by atoms with E-state index in [2.05, 4.69) is 37.2 Å². The standard InChI is InChI=1S/C16H23NO2/c1-17(2)15(7-4-8-16(18)19)14-10-9-12-5-3-6-13(12)11-14/h9-11,15H,3-8H2,1-2H3,(H,18,19). The zero-order valence-electron chi connectivity index (χ0n) is 11.9. The summed E-state index contributed by atoms with van der Waals surface area (Å²) < 4.78 is 0. The normalized spacial score (nSPS) is 15.5. The molecule has 1 aromatic carbocycles. The molecule has 0 bridgehead atoms. The van der Waals surface area contributed by atoms with E-state index >= 15 is 0 Å². The Kier molecular flexibility index (Phi) is 4.59. The van der Waals surface area contributed by atoms with Crippen molar-refractivity contribution in [1.82, 2.24) is 4.90 Å². The van der Waals surface area contributed by atoms with Gasteiger partial charge in [0, 0.05) is 12.5 Å². The SMILES string of the molecule is CN(C)C(CCCC(=O)O)c1ccc2c(c1)CCC2. The van der Waals surface area contributed by atoms with E-state index in [1.54, 1.807) is 0 Å². The Morgan fingerprint density at radius 3 is 2.74 bits per heavy atom. The molecule has 19 heavy (non-hydrogen) atoms. The maximum absolute atomic E-state index is 10.6. The Morgan fingerprint density at radius 2 is 2.05 bits per heavy atom. The molecule has 0 saturated carbocycles. The zero-order chi connectivity index (χ0) is 13.8. The smallest absolute Gasteiger partial charge is 0.303 e. The van der Waals surface area contributed by atoms with Crippen molar-refractivity contribution in [1.29, 1.82) is 0 Å². The summed E-state index contributed by atoms with van der Waals surface area (Å²) in [4.78, 5) is 12.8. The molecule has 1 unspecified atom stereocenters. The highest BCUT2D eigenvalue weighted by atomic mass is 16.4. The van der Waals surface area contributed by atoms with E-state index in [1.807, 2.05) is 0 Å². The third-order valence-electron chi connectivity index (χ3n) is 4.00. The highest BCUT2D eigenvalue weighted by Gasteiger charge is 2.17. The van der Waals surface area contributed by atoms with E-state index in [0.717, 1.165) is 12.8 Å². The van der Waals surface area contributed by atoms with Gasteiger partial charge in [-0.1, -0.05) is 18.2 Å². The molecule has 104 valence electrons. The number of rotatable bonds is 6. The maximum Gasteiger partial charge on any atom is 0.303 e. The molecule has 0 amide bonds. The molecule has 0 fully saturated rings. The second-order valence-corrected chi connectivity index (χ2v) is 5.65. The average Bonchev–Trinajstić information content (AvgIpc) is 2.80. The molecule has 1 atom stereocenters. The van der Waals surface area contributed by atoms with Crippen molar-refractivity contribution >= 4 is 5.97 Å². The predicted molar refractivity (Wildman–Crippen MR) is 76.4 cm³/mol. The Labute approximate surface area is 115 Å². The number of carboxylic acid groups (broad SMARTS) is 1. The van der Waals surface area contributed by atoms with E-state index in [0.29, 0.717) is 6.04 Å². The highest BCUT2D eigenvalue weighted by molar-refractivity contribution is 5.66. The lowest BCUT2D eigenvalue weighted by molar-refractivity contribution is -0.137. The van der Waals surface area contributed by atoms with Crippen molar-refractivity contribution in [2.45, 2.75) is 44.6 Å². The van der Waals surface area contributed by atoms with Crippen molar-refractivity contribution in [3.63, 3.8) is 0 Å². The fraction of sp³-hybridized carbons (Fsp3) is 0.562. The highest BCUT2D eigenvalue weighted by Crippen LogP contribution is 2.29. The molecule has 1 aliphatic carbocycles. The van der Waals surface area contributed by atoms with Gasteiger partial charge in [0.2, 0.25) is 0 Å². The minimum Gasteiger partial charge on any atom is -0.481 e. The quantitative estimate of drug-likeness (QED) is 0.855. The first-order valence-electron chi connectivity index (χ1n) is 7.08. The second kappa shape index (κ2) is 6.20. The van der Waals surface area contributed by atoms with Gasteiger partial charge < -0.3 is 10.0 Å². The molecule has 0 aromatic heterocycles. The van der Waals surface area contributed by atoms with E-state index in [1.165, 1.54) is 36.0 Å². The van der Waals surface area contributed by atoms with E-state index in [9.17, 15) is 4.79 Å². The summed E-state index contributed by atoms with van der Waals surface area (Å²) in [5, 5.41) is 8.75. The Morgan fingerprint density at radius 1 is 1.32 bits per heavy atom. The molecule has 0 aliphatic heterocycles. The number of fused-ring (bicyclic) bond motifs is 1. The maximum atomic E-state index is 10.6. The van der Waals surface area contributed by atoms with Crippen LogP contribution in [0.5, 0.6) is 0 Å². The fourth-order valence-electron chi connectivity index (χ4n) is 2.97. The van der Waals surface area contributed by atoms with Crippen LogP contribution in [0.3, 0.4) is 0 Å². The van der Waals surface area contributed by atoms with Gasteiger partial charge in [0.1, 0.15) is 0 Å². The van der Waals surface area contributed by atoms with Gasteiger partial charge in [0.05, 0.1) is 0 Å². The minimum atomic E-state index is -0.702. The minimum absolute atomic E-state index is 0.259. The van der Waals surface area contributed by atoms with Crippen LogP contribution in [0.4, 0.5) is 0 Å². The number of nitrogens with zero attached hydrogens (tertiary/aromatic N) is 1. The van der Waals surface area contributed by atoms with Crippen molar-refractivity contribution < 1.29 is 9.90 Å². The lowest BCUT2D eigenvalue weighted by Crippen LogP contribution is -2.20. The Balaban J connectivity index is 2.08. The van der Waals surface area contributed by atoms with Gasteiger partial charge in [-0.3, -0.25) is 4.79 Å². The Bertz CT molecular complexity index is 454. The number of aliphatic carboxylic acids is 1. The first kappa shape index (κ1) is 14.1. The number of hydrogen-bond donors (Lipinski definition) is 1. The van der Waals surface area contributed by atoms with Crippen LogP contribution in [0.25, 0.3) is 0 Å². The van der Waals surface area contributed by atoms with Crippen molar-refractivity contribution in [2.75, 3.05) is 14.1 Å². The van der Waals surface area contributed by atoms with Crippen molar-refractivity contribution in [3.8, 4) is 0 Å². The molecule has 3 nitrogen and oxygen atoms in total. The van der Waals surface area contributed by atoms with Crippen LogP contribution >= 0.6 is 0 Å². The topological polar surface area (TPSA) is 40.5 Å². The van der Waals surface area contributed by atoms with Gasteiger partial charge in [0.15, 0.2) is 0 Å². The van der Waals surface area contributed by atoms with Gasteiger partial charge in [-0.15, -0.1) is 0 Å². The monoisotopic (exact) mass is 261 g/mol. The van der Waals surface area contributed by atoms with Crippen LogP contribution in [-0.4, -0.2) is 30.1 Å². The molecule has 2 rings (SSSR count). The van der Waals surface area contributed by atoms with Crippen molar-refractivity contribution in [2.24, 2.45) is 0 Å². The lowest BCUT2D eigenvalue weighted by Gasteiger charge is -2.25. The second-order valence-electron chi connectivity index (χ2n) is 5.65. The van der Waals surface area contributed by atoms with Crippen LogP contribution in [0, 0.1) is 0 Å². The van der Waals surface area contributed by atoms with E-state index < -0.39 is 5.97 Å². The molecular formula is C16H23NO2. The number of carbonyl (C=O) groups is 1. The number of aryl methyl sites for hydroxylation is 2. The third kappa shape index (κ3) is 3.57. The van der Waals surface area contributed by atoms with Gasteiger partial charge in [0.25, 0.3) is 0 Å². The van der Waals surface area contributed by atoms with Crippen LogP contribution in [-0.2, 0) is 17.6 Å². The van der Waals surface area contributed by atoms with Gasteiger partial charge in [-0.2, -0.15) is 0 Å². The molecule has 1 aliphatic rings. The molecule has 0 radical (unpaired) electrons. The summed E-state index contributed by atoms with van der Waals surface area (Å²) in [5.74, 6) is -0.702. The summed E-state index contributed by atoms with van der Waals surface area (Å²) in [6.45, 7) is 0. The number of hydrogen-bond acceptors (Lipinski definition) is 2. The lowest BCUT2D eigenvalue weighted by atomic mass is 9.96. The average molecular weight is 261 g/mol. The van der Waals surface area contributed by atoms with Crippen LogP contribution in [0.2, 0.25) is 0 Å². The molecule has 0 saturated heterocycles. The Hall–Kier alpha value is -1.35. The van der Waals surface area contributed by atoms with E-state index in [-0.39, 0.29) is 6.42 Å². The first-order valence-corrected chi connectivity index (χ1v) is 7.08. The summed E-state index contributed by atoms with van der Waals surface area (Å²) in [5.41, 5.74) is 4.31. The van der Waals surface area contributed by atoms with Crippen LogP contribution in [0.15, 0.2) is 18.2 Å². The summed E-state index contributed by atoms with van der Waals surface area (Å²) in [7, 11) is 4.14. The molecule has 0 heterocycles. The summed E-state index contributed by atoms with van der Waals surface area (Å²) in [6, 6.07) is 7.12. The third-order valence-corrected chi connectivity index (χ3v) is 4.00. The molecule has 1 aromatic rings. The van der Waals surface area contributed by atoms with Crippen LogP contribution in [0.1, 0.15) is 48.4 Å². The van der Waals surface area contributed by atoms with Gasteiger partial charge in [-0.05, 0) is 62.9 Å². The van der Waals surface area contributed by atoms with Crippen molar-refractivity contribution in [3.05, 3.63) is 34.9 Å². The summed E-state index contributed by atoms with van der Waals surface area (Å²) >= 11 is 0. The van der Waals surface area contributed by atoms with Gasteiger partial charge >= 0.3 is 5.97 Å². The predicted octanol–water partition coefficient (Wildman–Crippen LogP) is 3.03. The summed E-state index contributed by atoms with van der Waals surface area (Å²) in [6.07, 6.45) is 5.56. The molecular weight excluding hydrogens is 238 g/mol. The van der Waals surface area contributed by atoms with E-state index in [4.69, 9.17) is 5.11 Å².